The molecule has 0 saturated heterocycles. The number of nitrogens with zero attached hydrogens (tertiary/aromatic N) is 1. The number of H-pyrrole nitrogens is 1. The molecule has 1 heterocycles. The van der Waals surface area contributed by atoms with E-state index < -0.39 is 0 Å². The van der Waals surface area contributed by atoms with Gasteiger partial charge >= 0.3 is 0 Å². The van der Waals surface area contributed by atoms with Gasteiger partial charge in [-0.1, -0.05) is 0 Å². The molecule has 1 amide bonds. The number of benzene rings is 2. The van der Waals surface area contributed by atoms with Crippen LogP contribution in [-0.2, 0) is 0 Å². The summed E-state index contributed by atoms with van der Waals surface area (Å²) in [5, 5.41) is 9.63. The van der Waals surface area contributed by atoms with Crippen LogP contribution in [0.2, 0.25) is 0 Å². The molecule has 0 fully saturated rings. The number of aryl methyl sites for hydroxylation is 1. The predicted octanol–water partition coefficient (Wildman–Crippen LogP) is 3.79. The smallest absolute Gasteiger partial charge is 0.273 e. The van der Waals surface area contributed by atoms with Gasteiger partial charge < -0.3 is 14.8 Å². The molecule has 0 radical (unpaired) electrons. The van der Waals surface area contributed by atoms with Gasteiger partial charge in [0.05, 0.1) is 19.9 Å². The number of rotatable bonds is 5. The highest BCUT2D eigenvalue weighted by Gasteiger charge is 2.15. The van der Waals surface area contributed by atoms with E-state index in [0.717, 1.165) is 5.56 Å². The number of nitrogens with one attached hydrogen (secondary N) is 2. The zero-order valence-electron chi connectivity index (χ0n) is 14.6. The lowest BCUT2D eigenvalue weighted by Gasteiger charge is -2.08. The molecule has 0 aliphatic rings. The number of hydrogen-bond donors (Lipinski definition) is 2. The SMILES string of the molecule is COc1ccc(-c2cc(C(=O)Nc3ccc(F)cc3C)[nH]n2)c(OC)c1. The quantitative estimate of drug-likeness (QED) is 0.730. The van der Waals surface area contributed by atoms with E-state index in [1.54, 1.807) is 45.4 Å². The number of carbonyl (C=O) groups is 1. The first kappa shape index (κ1) is 17.5. The van der Waals surface area contributed by atoms with Crippen LogP contribution in [0.5, 0.6) is 11.5 Å². The van der Waals surface area contributed by atoms with Crippen LogP contribution in [0.1, 0.15) is 16.1 Å². The van der Waals surface area contributed by atoms with Gasteiger partial charge in [-0.2, -0.15) is 5.10 Å². The normalized spacial score (nSPS) is 10.5. The van der Waals surface area contributed by atoms with Crippen molar-refractivity contribution in [2.75, 3.05) is 19.5 Å². The summed E-state index contributed by atoms with van der Waals surface area (Å²) in [7, 11) is 3.12. The van der Waals surface area contributed by atoms with Crippen molar-refractivity contribution < 1.29 is 18.7 Å². The fourth-order valence-corrected chi connectivity index (χ4v) is 2.54. The number of halogens is 1. The maximum atomic E-state index is 13.2. The third-order valence-corrected chi connectivity index (χ3v) is 3.94. The maximum absolute atomic E-state index is 13.2. The van der Waals surface area contributed by atoms with E-state index in [-0.39, 0.29) is 17.4 Å². The Morgan fingerprint density at radius 2 is 1.92 bits per heavy atom. The number of ether oxygens (including phenoxy) is 2. The van der Waals surface area contributed by atoms with Crippen molar-refractivity contribution in [3.63, 3.8) is 0 Å². The lowest BCUT2D eigenvalue weighted by molar-refractivity contribution is 0.102. The Balaban J connectivity index is 1.84. The average molecular weight is 355 g/mol. The van der Waals surface area contributed by atoms with Crippen LogP contribution in [0.3, 0.4) is 0 Å². The van der Waals surface area contributed by atoms with Gasteiger partial charge in [-0.25, -0.2) is 4.39 Å². The highest BCUT2D eigenvalue weighted by atomic mass is 19.1. The zero-order valence-corrected chi connectivity index (χ0v) is 14.6. The van der Waals surface area contributed by atoms with Crippen LogP contribution in [-0.4, -0.2) is 30.3 Å². The van der Waals surface area contributed by atoms with Gasteiger partial charge in [-0.15, -0.1) is 0 Å². The van der Waals surface area contributed by atoms with Gasteiger partial charge in [0.15, 0.2) is 0 Å². The van der Waals surface area contributed by atoms with Gasteiger partial charge in [0, 0.05) is 17.3 Å². The molecule has 26 heavy (non-hydrogen) atoms. The Morgan fingerprint density at radius 3 is 2.62 bits per heavy atom. The molecule has 0 aliphatic heterocycles. The Bertz CT molecular complexity index is 953. The Morgan fingerprint density at radius 1 is 1.12 bits per heavy atom. The van der Waals surface area contributed by atoms with Gasteiger partial charge in [0.1, 0.15) is 23.0 Å². The highest BCUT2D eigenvalue weighted by Crippen LogP contribution is 2.32. The van der Waals surface area contributed by atoms with Crippen LogP contribution in [0.4, 0.5) is 10.1 Å². The third-order valence-electron chi connectivity index (χ3n) is 3.94. The minimum atomic E-state index is -0.370. The second kappa shape index (κ2) is 7.26. The molecule has 6 nitrogen and oxygen atoms in total. The minimum absolute atomic E-state index is 0.279. The molecule has 2 N–H and O–H groups in total. The summed E-state index contributed by atoms with van der Waals surface area (Å²) in [4.78, 5) is 12.4. The molecular formula is C19H18FN3O3. The monoisotopic (exact) mass is 355 g/mol. The molecule has 1 aromatic heterocycles. The van der Waals surface area contributed by atoms with Crippen molar-refractivity contribution in [2.45, 2.75) is 6.92 Å². The van der Waals surface area contributed by atoms with Crippen LogP contribution < -0.4 is 14.8 Å². The van der Waals surface area contributed by atoms with E-state index in [1.165, 1.54) is 18.2 Å². The molecule has 7 heteroatoms. The maximum Gasteiger partial charge on any atom is 0.273 e. The molecule has 3 aromatic rings. The van der Waals surface area contributed by atoms with Crippen molar-refractivity contribution in [3.8, 4) is 22.8 Å². The summed E-state index contributed by atoms with van der Waals surface area (Å²) in [6, 6.07) is 11.1. The molecule has 2 aromatic carbocycles. The fraction of sp³-hybridized carbons (Fsp3) is 0.158. The largest absolute Gasteiger partial charge is 0.497 e. The predicted molar refractivity (Wildman–Crippen MR) is 96.2 cm³/mol. The summed E-state index contributed by atoms with van der Waals surface area (Å²) in [5.74, 6) is 0.518. The van der Waals surface area contributed by atoms with Crippen LogP contribution in [0, 0.1) is 12.7 Å². The van der Waals surface area contributed by atoms with E-state index in [2.05, 4.69) is 15.5 Å². The van der Waals surface area contributed by atoms with E-state index in [4.69, 9.17) is 9.47 Å². The van der Waals surface area contributed by atoms with Crippen LogP contribution in [0.25, 0.3) is 11.3 Å². The highest BCUT2D eigenvalue weighted by molar-refractivity contribution is 6.03. The van der Waals surface area contributed by atoms with Crippen molar-refractivity contribution >= 4 is 11.6 Å². The van der Waals surface area contributed by atoms with Crippen LogP contribution >= 0.6 is 0 Å². The number of aromatic amines is 1. The van der Waals surface area contributed by atoms with E-state index >= 15 is 0 Å². The average Bonchev–Trinajstić information content (AvgIpc) is 3.13. The van der Waals surface area contributed by atoms with E-state index in [9.17, 15) is 9.18 Å². The molecule has 134 valence electrons. The van der Waals surface area contributed by atoms with E-state index in [0.29, 0.717) is 28.4 Å². The number of anilines is 1. The topological polar surface area (TPSA) is 76.2 Å². The first-order chi connectivity index (χ1) is 12.5. The Hall–Kier alpha value is -3.35. The second-order valence-corrected chi connectivity index (χ2v) is 5.65. The second-order valence-electron chi connectivity index (χ2n) is 5.65. The number of methoxy groups -OCH3 is 2. The van der Waals surface area contributed by atoms with Gasteiger partial charge in [0.25, 0.3) is 5.91 Å². The van der Waals surface area contributed by atoms with Crippen LogP contribution in [0.15, 0.2) is 42.5 Å². The molecular weight excluding hydrogens is 337 g/mol. The van der Waals surface area contributed by atoms with Gasteiger partial charge in [0.2, 0.25) is 0 Å². The minimum Gasteiger partial charge on any atom is -0.497 e. The standard InChI is InChI=1S/C19H18FN3O3/c1-11-8-12(20)4-7-15(11)21-19(24)17-10-16(22-23-17)14-6-5-13(25-2)9-18(14)26-3/h4-10H,1-3H3,(H,21,24)(H,22,23). The summed E-state index contributed by atoms with van der Waals surface area (Å²) < 4.78 is 23.7. The number of carbonyl (C=O) groups excluding carboxylic acids is 1. The molecule has 3 rings (SSSR count). The number of amides is 1. The first-order valence-electron chi connectivity index (χ1n) is 7.87. The van der Waals surface area contributed by atoms with Gasteiger partial charge in [-0.3, -0.25) is 9.89 Å². The Labute approximate surface area is 150 Å². The van der Waals surface area contributed by atoms with Crippen molar-refractivity contribution in [2.24, 2.45) is 0 Å². The Kier molecular flexibility index (Phi) is 4.88. The number of hydrogen-bond acceptors (Lipinski definition) is 4. The lowest BCUT2D eigenvalue weighted by atomic mass is 10.1. The lowest BCUT2D eigenvalue weighted by Crippen LogP contribution is -2.13. The first-order valence-corrected chi connectivity index (χ1v) is 7.87. The fourth-order valence-electron chi connectivity index (χ4n) is 2.54. The number of aromatic nitrogens is 2. The summed E-state index contributed by atoms with van der Waals surface area (Å²) >= 11 is 0. The van der Waals surface area contributed by atoms with Crippen molar-refractivity contribution in [1.29, 1.82) is 0 Å². The summed E-state index contributed by atoms with van der Waals surface area (Å²) in [5.41, 5.74) is 2.73. The molecule has 0 aliphatic carbocycles. The van der Waals surface area contributed by atoms with Crippen molar-refractivity contribution in [3.05, 3.63) is 59.5 Å². The zero-order chi connectivity index (χ0) is 18.7. The molecule has 0 atom stereocenters. The van der Waals surface area contributed by atoms with Gasteiger partial charge in [-0.05, 0) is 48.9 Å². The molecule has 0 saturated carbocycles. The van der Waals surface area contributed by atoms with Crippen molar-refractivity contribution in [1.82, 2.24) is 10.2 Å². The van der Waals surface area contributed by atoms with E-state index in [1.807, 2.05) is 0 Å². The summed E-state index contributed by atoms with van der Waals surface area (Å²) in [6.45, 7) is 1.72. The summed E-state index contributed by atoms with van der Waals surface area (Å²) in [6.07, 6.45) is 0. The molecule has 0 spiro atoms. The third kappa shape index (κ3) is 3.51. The molecule has 0 unspecified atom stereocenters. The molecule has 0 bridgehead atoms.